The van der Waals surface area contributed by atoms with E-state index in [1.165, 1.54) is 30.5 Å². The summed E-state index contributed by atoms with van der Waals surface area (Å²) in [4.78, 5) is 33.8. The Morgan fingerprint density at radius 3 is 2.33 bits per heavy atom. The lowest BCUT2D eigenvalue weighted by Gasteiger charge is -2.33. The normalized spacial score (nSPS) is 14.1. The number of aromatic hydroxyl groups is 1. The van der Waals surface area contributed by atoms with E-state index in [0.29, 0.717) is 16.9 Å². The highest BCUT2D eigenvalue weighted by Crippen LogP contribution is 2.26. The van der Waals surface area contributed by atoms with Gasteiger partial charge in [-0.3, -0.25) is 14.6 Å². The van der Waals surface area contributed by atoms with Gasteiger partial charge in [-0.25, -0.2) is 19.6 Å². The molecule has 4 aromatic rings. The lowest BCUT2D eigenvalue weighted by Crippen LogP contribution is -2.48. The van der Waals surface area contributed by atoms with Crippen molar-refractivity contribution >= 4 is 56.8 Å². The number of hydrogen-bond donors (Lipinski definition) is 4. The van der Waals surface area contributed by atoms with Crippen LogP contribution >= 0.6 is 27.3 Å². The maximum atomic E-state index is 13.0. The number of rotatable bonds is 9. The number of hydrazone groups is 1. The van der Waals surface area contributed by atoms with Gasteiger partial charge in [0.05, 0.1) is 18.5 Å². The van der Waals surface area contributed by atoms with E-state index in [1.807, 2.05) is 24.3 Å². The SMILES string of the molecule is O=C(CN1CCN(Cc2csc(-c3ccc(NC(=O)Nc4ccc(F)cc4)cc3)n2)CC1)N/N=C/c1cc(Br)ccc1O. The summed E-state index contributed by atoms with van der Waals surface area (Å²) in [5.41, 5.74) is 6.09. The summed E-state index contributed by atoms with van der Waals surface area (Å²) in [6.07, 6.45) is 1.42. The van der Waals surface area contributed by atoms with Crippen LogP contribution in [0, 0.1) is 5.82 Å². The van der Waals surface area contributed by atoms with E-state index in [9.17, 15) is 19.1 Å². The van der Waals surface area contributed by atoms with Gasteiger partial charge in [0.1, 0.15) is 16.6 Å². The van der Waals surface area contributed by atoms with Crippen LogP contribution in [0.1, 0.15) is 11.3 Å². The Kier molecular flexibility index (Phi) is 10.1. The molecule has 43 heavy (non-hydrogen) atoms. The molecule has 1 fully saturated rings. The molecule has 1 aromatic heterocycles. The zero-order valence-corrected chi connectivity index (χ0v) is 25.4. The molecule has 0 saturated carbocycles. The number of thiazole rings is 1. The summed E-state index contributed by atoms with van der Waals surface area (Å²) >= 11 is 4.91. The highest BCUT2D eigenvalue weighted by atomic mass is 79.9. The van der Waals surface area contributed by atoms with Crippen LogP contribution in [0.25, 0.3) is 10.6 Å². The lowest BCUT2D eigenvalue weighted by molar-refractivity contribution is -0.122. The Hall–Kier alpha value is -4.17. The van der Waals surface area contributed by atoms with Crippen molar-refractivity contribution in [3.63, 3.8) is 0 Å². The second kappa shape index (κ2) is 14.3. The first-order chi connectivity index (χ1) is 20.8. The predicted molar refractivity (Wildman–Crippen MR) is 170 cm³/mol. The van der Waals surface area contributed by atoms with E-state index < -0.39 is 6.03 Å². The summed E-state index contributed by atoms with van der Waals surface area (Å²) in [7, 11) is 0. The molecule has 10 nitrogen and oxygen atoms in total. The molecule has 3 aromatic carbocycles. The van der Waals surface area contributed by atoms with Gasteiger partial charge in [-0.2, -0.15) is 5.10 Å². The third kappa shape index (κ3) is 8.91. The molecule has 0 radical (unpaired) electrons. The van der Waals surface area contributed by atoms with Gasteiger partial charge in [0.2, 0.25) is 0 Å². The summed E-state index contributed by atoms with van der Waals surface area (Å²) in [6.45, 7) is 4.11. The smallest absolute Gasteiger partial charge is 0.323 e. The molecule has 1 aliphatic heterocycles. The van der Waals surface area contributed by atoms with E-state index >= 15 is 0 Å². The van der Waals surface area contributed by atoms with Crippen molar-refractivity contribution in [1.82, 2.24) is 20.2 Å². The first-order valence-electron chi connectivity index (χ1n) is 13.4. The van der Waals surface area contributed by atoms with Crippen molar-refractivity contribution in [2.75, 3.05) is 43.4 Å². The summed E-state index contributed by atoms with van der Waals surface area (Å²) in [6, 6.07) is 17.6. The number of phenols is 1. The van der Waals surface area contributed by atoms with Crippen molar-refractivity contribution in [3.05, 3.63) is 93.7 Å². The Bertz CT molecular complexity index is 1590. The van der Waals surface area contributed by atoms with Crippen molar-refractivity contribution in [3.8, 4) is 16.3 Å². The Morgan fingerprint density at radius 2 is 1.63 bits per heavy atom. The van der Waals surface area contributed by atoms with Crippen molar-refractivity contribution in [2.24, 2.45) is 5.10 Å². The zero-order valence-electron chi connectivity index (χ0n) is 23.0. The molecule has 0 spiro atoms. The fourth-order valence-corrected chi connectivity index (χ4v) is 5.61. The fraction of sp³-hybridized carbons (Fsp3) is 0.200. The number of benzene rings is 3. The number of carbonyl (C=O) groups is 2. The maximum absolute atomic E-state index is 13.0. The number of piperazine rings is 1. The first kappa shape index (κ1) is 30.3. The number of amides is 3. The van der Waals surface area contributed by atoms with Crippen LogP contribution < -0.4 is 16.1 Å². The standard InChI is InChI=1S/C30H29BrFN7O3S/c31-22-3-10-27(40)21(15-22)16-33-37-28(41)18-39-13-11-38(12-14-39)17-26-19-43-29(34-26)20-1-6-24(7-2-20)35-30(42)36-25-8-4-23(32)5-9-25/h1-10,15-16,19,40H,11-14,17-18H2,(H,37,41)(H2,35,36,42)/b33-16+. The lowest BCUT2D eigenvalue weighted by atomic mass is 10.2. The minimum absolute atomic E-state index is 0.0847. The van der Waals surface area contributed by atoms with Crippen LogP contribution in [0.4, 0.5) is 20.6 Å². The summed E-state index contributed by atoms with van der Waals surface area (Å²) < 4.78 is 13.9. The van der Waals surface area contributed by atoms with Gasteiger partial charge in [0.25, 0.3) is 5.91 Å². The quantitative estimate of drug-likeness (QED) is 0.142. The van der Waals surface area contributed by atoms with Crippen molar-refractivity contribution in [1.29, 1.82) is 0 Å². The van der Waals surface area contributed by atoms with Crippen LogP contribution in [0.5, 0.6) is 5.75 Å². The van der Waals surface area contributed by atoms with Crippen LogP contribution in [0.3, 0.4) is 0 Å². The van der Waals surface area contributed by atoms with Gasteiger partial charge >= 0.3 is 6.03 Å². The van der Waals surface area contributed by atoms with Gasteiger partial charge in [-0.1, -0.05) is 15.9 Å². The number of nitrogens with zero attached hydrogens (tertiary/aromatic N) is 4. The average Bonchev–Trinajstić information content (AvgIpc) is 3.46. The Morgan fingerprint density at radius 1 is 0.977 bits per heavy atom. The number of aromatic nitrogens is 1. The van der Waals surface area contributed by atoms with Gasteiger partial charge in [0, 0.05) is 65.1 Å². The molecule has 2 heterocycles. The van der Waals surface area contributed by atoms with Gasteiger partial charge in [0.15, 0.2) is 0 Å². The molecule has 0 atom stereocenters. The van der Waals surface area contributed by atoms with E-state index in [4.69, 9.17) is 4.98 Å². The number of carbonyl (C=O) groups excluding carboxylic acids is 2. The number of anilines is 2. The molecule has 5 rings (SSSR count). The largest absolute Gasteiger partial charge is 0.507 e. The van der Waals surface area contributed by atoms with Gasteiger partial charge in [-0.15, -0.1) is 11.3 Å². The molecule has 0 aliphatic carbocycles. The molecule has 1 aliphatic rings. The third-order valence-electron chi connectivity index (χ3n) is 6.64. The molecule has 13 heteroatoms. The summed E-state index contributed by atoms with van der Waals surface area (Å²) in [5.74, 6) is -0.491. The number of urea groups is 1. The summed E-state index contributed by atoms with van der Waals surface area (Å²) in [5, 5.41) is 22.2. The fourth-order valence-electron chi connectivity index (χ4n) is 4.41. The van der Waals surface area contributed by atoms with Crippen molar-refractivity contribution < 1.29 is 19.1 Å². The maximum Gasteiger partial charge on any atom is 0.323 e. The highest BCUT2D eigenvalue weighted by molar-refractivity contribution is 9.10. The second-order valence-electron chi connectivity index (χ2n) is 9.86. The minimum Gasteiger partial charge on any atom is -0.507 e. The van der Waals surface area contributed by atoms with Crippen LogP contribution in [0.15, 0.2) is 81.7 Å². The van der Waals surface area contributed by atoms with Crippen molar-refractivity contribution in [2.45, 2.75) is 6.54 Å². The molecule has 3 amide bonds. The van der Waals surface area contributed by atoms with E-state index in [0.717, 1.165) is 53.5 Å². The molecular weight excluding hydrogens is 637 g/mol. The Balaban J connectivity index is 1.04. The molecule has 0 bridgehead atoms. The van der Waals surface area contributed by atoms with Gasteiger partial charge < -0.3 is 15.7 Å². The molecule has 0 unspecified atom stereocenters. The Labute approximate surface area is 260 Å². The minimum atomic E-state index is -0.414. The third-order valence-corrected chi connectivity index (χ3v) is 8.08. The number of nitrogens with one attached hydrogen (secondary N) is 3. The predicted octanol–water partition coefficient (Wildman–Crippen LogP) is 5.33. The second-order valence-corrected chi connectivity index (χ2v) is 11.6. The number of halogens is 2. The monoisotopic (exact) mass is 665 g/mol. The molecule has 1 saturated heterocycles. The van der Waals surface area contributed by atoms with E-state index in [-0.39, 0.29) is 24.0 Å². The topological polar surface area (TPSA) is 122 Å². The van der Waals surface area contributed by atoms with E-state index in [1.54, 1.807) is 29.5 Å². The average molecular weight is 667 g/mol. The van der Waals surface area contributed by atoms with Crippen LogP contribution in [-0.4, -0.2) is 70.8 Å². The van der Waals surface area contributed by atoms with Crippen LogP contribution in [0.2, 0.25) is 0 Å². The number of hydrogen-bond acceptors (Lipinski definition) is 8. The first-order valence-corrected chi connectivity index (χ1v) is 15.1. The van der Waals surface area contributed by atoms with Crippen LogP contribution in [-0.2, 0) is 11.3 Å². The van der Waals surface area contributed by atoms with E-state index in [2.05, 4.69) is 52.3 Å². The zero-order chi connectivity index (χ0) is 30.2. The number of phenolic OH excluding ortho intramolecular Hbond substituents is 1. The molecule has 4 N–H and O–H groups in total. The highest BCUT2D eigenvalue weighted by Gasteiger charge is 2.20. The van der Waals surface area contributed by atoms with Gasteiger partial charge in [-0.05, 0) is 66.7 Å². The molecular formula is C30H29BrFN7O3S. The molecule has 222 valence electrons.